The predicted octanol–water partition coefficient (Wildman–Crippen LogP) is 1.10. The summed E-state index contributed by atoms with van der Waals surface area (Å²) in [6, 6.07) is 7.57. The first kappa shape index (κ1) is 14.8. The van der Waals surface area contributed by atoms with Crippen molar-refractivity contribution in [1.29, 1.82) is 0 Å². The van der Waals surface area contributed by atoms with E-state index in [1.54, 1.807) is 7.11 Å². The fraction of sp³-hybridized carbons (Fsp3) is 0.533. The SMILES string of the molecule is COc1ccc(COC[C@@H](O)CNC(=O)C2CC2)cc1. The standard InChI is InChI=1S/C15H21NO4/c1-19-14-6-2-11(3-7-14)9-20-10-13(17)8-16-15(18)12-4-5-12/h2-3,6-7,12-13,17H,4-5,8-10H2,1H3,(H,16,18)/t13-/m0/s1. The van der Waals surface area contributed by atoms with Crippen LogP contribution in [0.1, 0.15) is 18.4 Å². The predicted molar refractivity (Wildman–Crippen MR) is 74.4 cm³/mol. The number of benzene rings is 1. The summed E-state index contributed by atoms with van der Waals surface area (Å²) in [7, 11) is 1.62. The molecule has 1 fully saturated rings. The molecule has 0 saturated heterocycles. The van der Waals surface area contributed by atoms with E-state index in [1.165, 1.54) is 0 Å². The number of hydrogen-bond acceptors (Lipinski definition) is 4. The third kappa shape index (κ3) is 4.83. The van der Waals surface area contributed by atoms with E-state index in [0.717, 1.165) is 24.2 Å². The lowest BCUT2D eigenvalue weighted by Gasteiger charge is -2.12. The average molecular weight is 279 g/mol. The van der Waals surface area contributed by atoms with Crippen LogP contribution in [0.3, 0.4) is 0 Å². The Morgan fingerprint density at radius 2 is 2.10 bits per heavy atom. The molecule has 0 aliphatic heterocycles. The number of nitrogens with one attached hydrogen (secondary N) is 1. The van der Waals surface area contributed by atoms with Crippen LogP contribution >= 0.6 is 0 Å². The van der Waals surface area contributed by atoms with Gasteiger partial charge in [-0.3, -0.25) is 4.79 Å². The van der Waals surface area contributed by atoms with Crippen LogP contribution in [0.15, 0.2) is 24.3 Å². The van der Waals surface area contributed by atoms with Crippen LogP contribution in [-0.2, 0) is 16.1 Å². The fourth-order valence-corrected chi connectivity index (χ4v) is 1.80. The molecule has 0 radical (unpaired) electrons. The zero-order valence-corrected chi connectivity index (χ0v) is 11.7. The van der Waals surface area contributed by atoms with E-state index in [1.807, 2.05) is 24.3 Å². The summed E-state index contributed by atoms with van der Waals surface area (Å²) in [5.74, 6) is 1.01. The van der Waals surface area contributed by atoms with Gasteiger partial charge in [0.25, 0.3) is 0 Å². The fourth-order valence-electron chi connectivity index (χ4n) is 1.80. The van der Waals surface area contributed by atoms with Gasteiger partial charge in [-0.05, 0) is 30.5 Å². The van der Waals surface area contributed by atoms with Gasteiger partial charge in [0, 0.05) is 12.5 Å². The Kier molecular flexibility index (Phi) is 5.38. The first-order chi connectivity index (χ1) is 9.69. The summed E-state index contributed by atoms with van der Waals surface area (Å²) in [4.78, 5) is 11.4. The Labute approximate surface area is 118 Å². The third-order valence-corrected chi connectivity index (χ3v) is 3.20. The average Bonchev–Trinajstić information content (AvgIpc) is 3.30. The molecule has 1 atom stereocenters. The number of hydrogen-bond donors (Lipinski definition) is 2. The lowest BCUT2D eigenvalue weighted by molar-refractivity contribution is -0.123. The van der Waals surface area contributed by atoms with Crippen molar-refractivity contribution in [2.24, 2.45) is 5.92 Å². The van der Waals surface area contributed by atoms with Gasteiger partial charge in [0.1, 0.15) is 5.75 Å². The van der Waals surface area contributed by atoms with Crippen LogP contribution in [0.2, 0.25) is 0 Å². The molecule has 1 aliphatic carbocycles. The summed E-state index contributed by atoms with van der Waals surface area (Å²) in [5.41, 5.74) is 1.01. The van der Waals surface area contributed by atoms with Gasteiger partial charge in [0.2, 0.25) is 5.91 Å². The molecule has 2 rings (SSSR count). The van der Waals surface area contributed by atoms with Gasteiger partial charge in [-0.25, -0.2) is 0 Å². The van der Waals surface area contributed by atoms with E-state index >= 15 is 0 Å². The molecule has 0 bridgehead atoms. The Hall–Kier alpha value is -1.59. The number of ether oxygens (including phenoxy) is 2. The number of aliphatic hydroxyl groups is 1. The number of carbonyl (C=O) groups is 1. The maximum atomic E-state index is 11.4. The zero-order chi connectivity index (χ0) is 14.4. The first-order valence-electron chi connectivity index (χ1n) is 6.85. The van der Waals surface area contributed by atoms with E-state index in [2.05, 4.69) is 5.32 Å². The van der Waals surface area contributed by atoms with Crippen LogP contribution < -0.4 is 10.1 Å². The van der Waals surface area contributed by atoms with Crippen molar-refractivity contribution in [2.75, 3.05) is 20.3 Å². The molecule has 0 spiro atoms. The van der Waals surface area contributed by atoms with Crippen LogP contribution in [0.5, 0.6) is 5.75 Å². The van der Waals surface area contributed by atoms with Crippen molar-refractivity contribution in [1.82, 2.24) is 5.32 Å². The van der Waals surface area contributed by atoms with Crippen molar-refractivity contribution in [3.63, 3.8) is 0 Å². The van der Waals surface area contributed by atoms with Crippen molar-refractivity contribution in [3.05, 3.63) is 29.8 Å². The van der Waals surface area contributed by atoms with E-state index in [9.17, 15) is 9.90 Å². The number of rotatable bonds is 8. The number of carbonyl (C=O) groups excluding carboxylic acids is 1. The molecule has 20 heavy (non-hydrogen) atoms. The van der Waals surface area contributed by atoms with E-state index in [0.29, 0.717) is 6.61 Å². The highest BCUT2D eigenvalue weighted by Gasteiger charge is 2.29. The topological polar surface area (TPSA) is 67.8 Å². The molecule has 1 aromatic carbocycles. The molecule has 1 amide bonds. The highest BCUT2D eigenvalue weighted by molar-refractivity contribution is 5.80. The smallest absolute Gasteiger partial charge is 0.223 e. The molecule has 0 heterocycles. The van der Waals surface area contributed by atoms with Crippen LogP contribution in [-0.4, -0.2) is 37.4 Å². The van der Waals surface area contributed by atoms with Crippen LogP contribution in [0.25, 0.3) is 0 Å². The lowest BCUT2D eigenvalue weighted by Crippen LogP contribution is -2.35. The minimum atomic E-state index is -0.670. The Morgan fingerprint density at radius 3 is 2.70 bits per heavy atom. The first-order valence-corrected chi connectivity index (χ1v) is 6.85. The monoisotopic (exact) mass is 279 g/mol. The minimum absolute atomic E-state index is 0.0409. The summed E-state index contributed by atoms with van der Waals surface area (Å²) in [5, 5.41) is 12.4. The van der Waals surface area contributed by atoms with Gasteiger partial charge in [0.05, 0.1) is 26.4 Å². The van der Waals surface area contributed by atoms with E-state index in [-0.39, 0.29) is 25.0 Å². The van der Waals surface area contributed by atoms with Gasteiger partial charge in [-0.1, -0.05) is 12.1 Å². The second-order valence-corrected chi connectivity index (χ2v) is 5.04. The molecular weight excluding hydrogens is 258 g/mol. The molecule has 1 saturated carbocycles. The van der Waals surface area contributed by atoms with Crippen molar-refractivity contribution in [3.8, 4) is 5.75 Å². The molecule has 1 aliphatic rings. The van der Waals surface area contributed by atoms with Gasteiger partial charge < -0.3 is 19.9 Å². The van der Waals surface area contributed by atoms with Gasteiger partial charge in [0.15, 0.2) is 0 Å². The highest BCUT2D eigenvalue weighted by Crippen LogP contribution is 2.28. The summed E-state index contributed by atoms with van der Waals surface area (Å²) in [6.07, 6.45) is 1.27. The lowest BCUT2D eigenvalue weighted by atomic mass is 10.2. The van der Waals surface area contributed by atoms with Crippen LogP contribution in [0, 0.1) is 5.92 Å². The maximum Gasteiger partial charge on any atom is 0.223 e. The highest BCUT2D eigenvalue weighted by atomic mass is 16.5. The molecular formula is C15H21NO4. The van der Waals surface area contributed by atoms with Gasteiger partial charge >= 0.3 is 0 Å². The second-order valence-electron chi connectivity index (χ2n) is 5.04. The second kappa shape index (κ2) is 7.26. The molecule has 110 valence electrons. The normalized spacial score (nSPS) is 15.7. The van der Waals surface area contributed by atoms with Crippen LogP contribution in [0.4, 0.5) is 0 Å². The molecule has 5 nitrogen and oxygen atoms in total. The number of aliphatic hydroxyl groups excluding tert-OH is 1. The number of methoxy groups -OCH3 is 1. The van der Waals surface area contributed by atoms with Crippen molar-refractivity contribution >= 4 is 5.91 Å². The molecule has 0 unspecified atom stereocenters. The summed E-state index contributed by atoms with van der Waals surface area (Å²) < 4.78 is 10.5. The molecule has 1 aromatic rings. The van der Waals surface area contributed by atoms with Gasteiger partial charge in [-0.2, -0.15) is 0 Å². The molecule has 5 heteroatoms. The number of amides is 1. The Balaban J connectivity index is 1.60. The van der Waals surface area contributed by atoms with Crippen molar-refractivity contribution in [2.45, 2.75) is 25.6 Å². The van der Waals surface area contributed by atoms with E-state index < -0.39 is 6.10 Å². The Bertz CT molecular complexity index is 428. The van der Waals surface area contributed by atoms with Gasteiger partial charge in [-0.15, -0.1) is 0 Å². The Morgan fingerprint density at radius 1 is 1.40 bits per heavy atom. The quantitative estimate of drug-likeness (QED) is 0.748. The summed E-state index contributed by atoms with van der Waals surface area (Å²) >= 11 is 0. The summed E-state index contributed by atoms with van der Waals surface area (Å²) in [6.45, 7) is 0.881. The van der Waals surface area contributed by atoms with Crippen molar-refractivity contribution < 1.29 is 19.4 Å². The van der Waals surface area contributed by atoms with E-state index in [4.69, 9.17) is 9.47 Å². The largest absolute Gasteiger partial charge is 0.497 e. The molecule has 2 N–H and O–H groups in total. The third-order valence-electron chi connectivity index (χ3n) is 3.20. The minimum Gasteiger partial charge on any atom is -0.497 e. The maximum absolute atomic E-state index is 11.4. The molecule has 0 aromatic heterocycles. The zero-order valence-electron chi connectivity index (χ0n) is 11.7.